The molecule has 2 N–H and O–H groups in total. The van der Waals surface area contributed by atoms with Gasteiger partial charge >= 0.3 is 0 Å². The van der Waals surface area contributed by atoms with Crippen molar-refractivity contribution >= 4 is 23.0 Å². The lowest BCUT2D eigenvalue weighted by Gasteiger charge is -2.44. The van der Waals surface area contributed by atoms with E-state index in [1.165, 1.54) is 0 Å². The van der Waals surface area contributed by atoms with Crippen LogP contribution in [0.1, 0.15) is 46.4 Å². The molecule has 2 heterocycles. The number of aliphatic hydroxyl groups excluding tert-OH is 1. The minimum Gasteiger partial charge on any atom is -0.392 e. The second-order valence-electron chi connectivity index (χ2n) is 11.8. The van der Waals surface area contributed by atoms with Crippen LogP contribution in [0.4, 0.5) is 17.1 Å². The molecule has 0 unspecified atom stereocenters. The molecule has 0 saturated carbocycles. The Morgan fingerprint density at radius 3 is 2.15 bits per heavy atom. The van der Waals surface area contributed by atoms with Crippen molar-refractivity contribution in [2.75, 3.05) is 42.9 Å². The number of ether oxygens (including phenoxy) is 2. The molecule has 4 aromatic rings. The van der Waals surface area contributed by atoms with Gasteiger partial charge in [0.2, 0.25) is 0 Å². The van der Waals surface area contributed by atoms with Crippen LogP contribution in [0.15, 0.2) is 103 Å². The number of hydrogen-bond acceptors (Lipinski definition) is 8. The Morgan fingerprint density at radius 2 is 1.52 bits per heavy atom. The average Bonchev–Trinajstić information content (AvgIpc) is 3.10. The van der Waals surface area contributed by atoms with E-state index in [1.54, 1.807) is 24.3 Å². The first-order valence-corrected chi connectivity index (χ1v) is 15.6. The molecule has 2 aliphatic heterocycles. The number of nitro benzene ring substituents is 1. The normalized spacial score (nSPS) is 21.9. The molecule has 0 aromatic heterocycles. The summed E-state index contributed by atoms with van der Waals surface area (Å²) in [4.78, 5) is 28.0. The number of aliphatic hydroxyl groups is 1. The Hall–Kier alpha value is -4.61. The van der Waals surface area contributed by atoms with Gasteiger partial charge in [0, 0.05) is 73.3 Å². The maximum Gasteiger partial charge on any atom is 0.269 e. The largest absolute Gasteiger partial charge is 0.392 e. The zero-order valence-electron chi connectivity index (χ0n) is 25.7. The Morgan fingerprint density at radius 1 is 0.870 bits per heavy atom. The molecule has 2 fully saturated rings. The zero-order chi connectivity index (χ0) is 32.0. The molecule has 10 heteroatoms. The molecule has 6 rings (SSSR count). The molecule has 46 heavy (non-hydrogen) atoms. The average molecular weight is 623 g/mol. The van der Waals surface area contributed by atoms with E-state index in [4.69, 9.17) is 9.47 Å². The molecule has 1 amide bonds. The van der Waals surface area contributed by atoms with E-state index < -0.39 is 6.29 Å². The SMILES string of the molecule is C[C@H]1[C@@H](CN2CCN(c3ccc([N+](=O)[O-])cc3)CC2)O[C@@H](c2ccc(NC(=O)c3ccccc3)cc2)O[C@H]1c1ccc(CO)cc1. The maximum absolute atomic E-state index is 12.6. The fraction of sp³-hybridized carbons (Fsp3) is 0.306. The van der Waals surface area contributed by atoms with Crippen LogP contribution in [0.2, 0.25) is 0 Å². The third kappa shape index (κ3) is 7.27. The number of amides is 1. The molecular weight excluding hydrogens is 584 g/mol. The molecular formula is C36H38N4O6. The number of carbonyl (C=O) groups is 1. The van der Waals surface area contributed by atoms with Crippen LogP contribution in [0.5, 0.6) is 0 Å². The van der Waals surface area contributed by atoms with Crippen LogP contribution in [-0.2, 0) is 16.1 Å². The fourth-order valence-electron chi connectivity index (χ4n) is 6.07. The summed E-state index contributed by atoms with van der Waals surface area (Å²) in [5.41, 5.74) is 5.07. The lowest BCUT2D eigenvalue weighted by molar-refractivity contribution is -0.384. The van der Waals surface area contributed by atoms with Gasteiger partial charge in [0.25, 0.3) is 11.6 Å². The molecule has 4 aromatic carbocycles. The Kier molecular flexibility index (Phi) is 9.70. The standard InChI is InChI=1S/C36H38N4O6/c1-25-33(23-38-19-21-39(22-20-38)31-15-17-32(18-16-31)40(43)44)45-36(46-34(25)27-9-7-26(24-41)8-10-27)29-11-13-30(14-12-29)37-35(42)28-5-3-2-4-6-28/h2-18,25,33-34,36,41H,19-24H2,1H3,(H,37,42)/t25-,33+,34+,36+/m0/s1. The van der Waals surface area contributed by atoms with Crippen LogP contribution in [0, 0.1) is 16.0 Å². The van der Waals surface area contributed by atoms with Crippen molar-refractivity contribution in [1.29, 1.82) is 0 Å². The van der Waals surface area contributed by atoms with E-state index >= 15 is 0 Å². The van der Waals surface area contributed by atoms with Crippen molar-refractivity contribution in [3.8, 4) is 0 Å². The highest BCUT2D eigenvalue weighted by Gasteiger charge is 2.39. The molecule has 2 saturated heterocycles. The van der Waals surface area contributed by atoms with Gasteiger partial charge in [-0.05, 0) is 47.5 Å². The topological polar surface area (TPSA) is 117 Å². The van der Waals surface area contributed by atoms with Crippen LogP contribution < -0.4 is 10.2 Å². The van der Waals surface area contributed by atoms with Gasteiger partial charge in [-0.15, -0.1) is 0 Å². The fourth-order valence-corrected chi connectivity index (χ4v) is 6.07. The monoisotopic (exact) mass is 622 g/mol. The molecule has 0 bridgehead atoms. The molecule has 238 valence electrons. The highest BCUT2D eigenvalue weighted by molar-refractivity contribution is 6.04. The molecule has 10 nitrogen and oxygen atoms in total. The smallest absolute Gasteiger partial charge is 0.269 e. The summed E-state index contributed by atoms with van der Waals surface area (Å²) in [5.74, 6) is -0.124. The van der Waals surface area contributed by atoms with Crippen molar-refractivity contribution in [1.82, 2.24) is 4.90 Å². The number of piperazine rings is 1. The van der Waals surface area contributed by atoms with Crippen LogP contribution in [-0.4, -0.2) is 59.7 Å². The maximum atomic E-state index is 12.6. The minimum atomic E-state index is -0.607. The predicted octanol–water partition coefficient (Wildman–Crippen LogP) is 5.95. The Labute approximate surface area is 268 Å². The van der Waals surface area contributed by atoms with Crippen LogP contribution >= 0.6 is 0 Å². The highest BCUT2D eigenvalue weighted by Crippen LogP contribution is 2.42. The van der Waals surface area contributed by atoms with Crippen LogP contribution in [0.25, 0.3) is 0 Å². The molecule has 0 spiro atoms. The number of non-ortho nitro benzene ring substituents is 1. The first-order chi connectivity index (χ1) is 22.4. The third-order valence-corrected chi connectivity index (χ3v) is 8.84. The van der Waals surface area contributed by atoms with Gasteiger partial charge in [-0.3, -0.25) is 19.8 Å². The summed E-state index contributed by atoms with van der Waals surface area (Å²) >= 11 is 0. The van der Waals surface area contributed by atoms with Gasteiger partial charge in [-0.1, -0.05) is 61.5 Å². The van der Waals surface area contributed by atoms with E-state index in [-0.39, 0.29) is 41.3 Å². The lowest BCUT2D eigenvalue weighted by atomic mass is 9.90. The van der Waals surface area contributed by atoms with Crippen LogP contribution in [0.3, 0.4) is 0 Å². The number of rotatable bonds is 9. The van der Waals surface area contributed by atoms with E-state index in [2.05, 4.69) is 22.0 Å². The first kappa shape index (κ1) is 31.4. The molecule has 0 radical (unpaired) electrons. The number of benzene rings is 4. The first-order valence-electron chi connectivity index (χ1n) is 15.6. The van der Waals surface area contributed by atoms with Gasteiger partial charge in [-0.25, -0.2) is 0 Å². The lowest BCUT2D eigenvalue weighted by Crippen LogP contribution is -2.51. The van der Waals surface area contributed by atoms with Gasteiger partial charge in [0.1, 0.15) is 0 Å². The van der Waals surface area contributed by atoms with E-state index in [1.807, 2.05) is 78.9 Å². The van der Waals surface area contributed by atoms with Crippen molar-refractivity contribution in [2.45, 2.75) is 32.0 Å². The van der Waals surface area contributed by atoms with E-state index in [9.17, 15) is 20.0 Å². The Balaban J connectivity index is 1.15. The van der Waals surface area contributed by atoms with Gasteiger partial charge < -0.3 is 24.8 Å². The summed E-state index contributed by atoms with van der Waals surface area (Å²) in [6.07, 6.45) is -0.955. The highest BCUT2D eigenvalue weighted by atomic mass is 16.7. The van der Waals surface area contributed by atoms with E-state index in [0.29, 0.717) is 11.3 Å². The summed E-state index contributed by atoms with van der Waals surface area (Å²) in [5, 5.41) is 23.5. The van der Waals surface area contributed by atoms with Gasteiger partial charge in [-0.2, -0.15) is 0 Å². The number of hydrogen-bond donors (Lipinski definition) is 2. The quantitative estimate of drug-likeness (QED) is 0.174. The van der Waals surface area contributed by atoms with Gasteiger partial charge in [0.15, 0.2) is 6.29 Å². The number of nitrogens with zero attached hydrogens (tertiary/aromatic N) is 3. The second-order valence-corrected chi connectivity index (χ2v) is 11.8. The Bertz CT molecular complexity index is 1610. The molecule has 4 atom stereocenters. The van der Waals surface area contributed by atoms with Crippen molar-refractivity contribution in [2.24, 2.45) is 5.92 Å². The van der Waals surface area contributed by atoms with Crippen molar-refractivity contribution in [3.63, 3.8) is 0 Å². The predicted molar refractivity (Wildman–Crippen MR) is 176 cm³/mol. The van der Waals surface area contributed by atoms with Gasteiger partial charge in [0.05, 0.1) is 23.7 Å². The number of anilines is 2. The summed E-state index contributed by atoms with van der Waals surface area (Å²) < 4.78 is 13.3. The van der Waals surface area contributed by atoms with E-state index in [0.717, 1.165) is 55.1 Å². The minimum absolute atomic E-state index is 0.0191. The molecule has 2 aliphatic rings. The summed E-state index contributed by atoms with van der Waals surface area (Å²) in [6, 6.07) is 31.3. The number of carbonyl (C=O) groups excluding carboxylic acids is 1. The number of nitrogens with one attached hydrogen (secondary N) is 1. The van der Waals surface area contributed by atoms with Crippen molar-refractivity contribution < 1.29 is 24.3 Å². The third-order valence-electron chi connectivity index (χ3n) is 8.84. The summed E-state index contributed by atoms with van der Waals surface area (Å²) in [6.45, 7) is 6.14. The van der Waals surface area contributed by atoms with Crippen molar-refractivity contribution in [3.05, 3.63) is 135 Å². The zero-order valence-corrected chi connectivity index (χ0v) is 25.7. The second kappa shape index (κ2) is 14.2. The molecule has 0 aliphatic carbocycles. The summed E-state index contributed by atoms with van der Waals surface area (Å²) in [7, 11) is 0. The number of nitro groups is 1.